The third-order valence-corrected chi connectivity index (χ3v) is 2.81. The maximum absolute atomic E-state index is 12.9. The number of hydrogen-bond donors (Lipinski definition) is 0. The monoisotopic (exact) mass is 208 g/mol. The molecule has 0 aliphatic rings. The molecule has 0 aromatic heterocycles. The fourth-order valence-corrected chi connectivity index (χ4v) is 1.78. The van der Waals surface area contributed by atoms with Gasteiger partial charge in [0.2, 0.25) is 0 Å². The molecule has 0 saturated heterocycles. The smallest absolute Gasteiger partial charge is 0.166 e. The van der Waals surface area contributed by atoms with Crippen LogP contribution in [0.4, 0.5) is 4.39 Å². The van der Waals surface area contributed by atoms with Gasteiger partial charge in [0.1, 0.15) is 5.82 Å². The molecule has 0 atom stereocenters. The minimum Gasteiger partial charge on any atom is -0.294 e. The Kier molecular flexibility index (Phi) is 4.01. The summed E-state index contributed by atoms with van der Waals surface area (Å²) in [5.74, 6) is -0.0831. The molecule has 0 aliphatic carbocycles. The molecule has 82 valence electrons. The molecule has 0 amide bonds. The number of carbonyl (C=O) groups is 1. The van der Waals surface area contributed by atoms with Crippen molar-refractivity contribution in [1.82, 2.24) is 0 Å². The van der Waals surface area contributed by atoms with E-state index in [0.717, 1.165) is 18.4 Å². The zero-order valence-electron chi connectivity index (χ0n) is 9.51. The van der Waals surface area contributed by atoms with Crippen LogP contribution >= 0.6 is 0 Å². The molecule has 1 aromatic rings. The first kappa shape index (κ1) is 11.9. The molecule has 0 bridgehead atoms. The molecule has 1 rings (SSSR count). The van der Waals surface area contributed by atoms with Gasteiger partial charge in [0.05, 0.1) is 0 Å². The van der Waals surface area contributed by atoms with Gasteiger partial charge in [-0.15, -0.1) is 0 Å². The Balaban J connectivity index is 3.00. The van der Waals surface area contributed by atoms with Crippen molar-refractivity contribution in [3.05, 3.63) is 35.1 Å². The molecular weight excluding hydrogens is 191 g/mol. The molecule has 0 spiro atoms. The molecular formula is C13H17FO. The van der Waals surface area contributed by atoms with Crippen molar-refractivity contribution >= 4 is 5.78 Å². The van der Waals surface area contributed by atoms with Gasteiger partial charge < -0.3 is 0 Å². The topological polar surface area (TPSA) is 17.1 Å². The number of rotatable bonds is 4. The van der Waals surface area contributed by atoms with Crippen molar-refractivity contribution in [2.24, 2.45) is 5.92 Å². The van der Waals surface area contributed by atoms with Crippen molar-refractivity contribution in [2.75, 3.05) is 0 Å². The summed E-state index contributed by atoms with van der Waals surface area (Å²) in [4.78, 5) is 12.0. The third-order valence-electron chi connectivity index (χ3n) is 2.81. The molecule has 0 heterocycles. The van der Waals surface area contributed by atoms with Crippen LogP contribution in [0.5, 0.6) is 0 Å². The Morgan fingerprint density at radius 1 is 1.33 bits per heavy atom. The second-order valence-corrected chi connectivity index (χ2v) is 3.84. The molecule has 0 unspecified atom stereocenters. The molecule has 15 heavy (non-hydrogen) atoms. The van der Waals surface area contributed by atoms with Crippen molar-refractivity contribution < 1.29 is 9.18 Å². The Bertz CT molecular complexity index is 354. The average Bonchev–Trinajstić information content (AvgIpc) is 2.19. The zero-order valence-corrected chi connectivity index (χ0v) is 9.51. The zero-order chi connectivity index (χ0) is 11.4. The fraction of sp³-hybridized carbons (Fsp3) is 0.462. The van der Waals surface area contributed by atoms with E-state index >= 15 is 0 Å². The molecule has 0 aliphatic heterocycles. The molecule has 0 radical (unpaired) electrons. The summed E-state index contributed by atoms with van der Waals surface area (Å²) >= 11 is 0. The van der Waals surface area contributed by atoms with Crippen molar-refractivity contribution in [2.45, 2.75) is 33.6 Å². The second kappa shape index (κ2) is 5.06. The first-order valence-electron chi connectivity index (χ1n) is 5.40. The van der Waals surface area contributed by atoms with Gasteiger partial charge >= 0.3 is 0 Å². The van der Waals surface area contributed by atoms with E-state index in [-0.39, 0.29) is 17.5 Å². The highest BCUT2D eigenvalue weighted by molar-refractivity contribution is 5.99. The Hall–Kier alpha value is -1.18. The average molecular weight is 208 g/mol. The molecule has 0 fully saturated rings. The maximum atomic E-state index is 12.9. The predicted octanol–water partition coefficient (Wildman–Crippen LogP) is 3.75. The summed E-state index contributed by atoms with van der Waals surface area (Å²) in [7, 11) is 0. The fourth-order valence-electron chi connectivity index (χ4n) is 1.78. The second-order valence-electron chi connectivity index (χ2n) is 3.84. The van der Waals surface area contributed by atoms with Crippen LogP contribution in [0.3, 0.4) is 0 Å². The highest BCUT2D eigenvalue weighted by Crippen LogP contribution is 2.19. The van der Waals surface area contributed by atoms with E-state index in [1.165, 1.54) is 12.1 Å². The summed E-state index contributed by atoms with van der Waals surface area (Å²) in [6.45, 7) is 5.79. The van der Waals surface area contributed by atoms with Crippen molar-refractivity contribution in [1.29, 1.82) is 0 Å². The van der Waals surface area contributed by atoms with E-state index in [4.69, 9.17) is 0 Å². The van der Waals surface area contributed by atoms with Crippen molar-refractivity contribution in [3.63, 3.8) is 0 Å². The lowest BCUT2D eigenvalue weighted by molar-refractivity contribution is 0.0913. The quantitative estimate of drug-likeness (QED) is 0.689. The summed E-state index contributed by atoms with van der Waals surface area (Å²) in [6, 6.07) is 4.35. The SMILES string of the molecule is CCC(CC)C(=O)c1ccc(F)cc1C. The van der Waals surface area contributed by atoms with Crippen LogP contribution < -0.4 is 0 Å². The largest absolute Gasteiger partial charge is 0.294 e. The van der Waals surface area contributed by atoms with Crippen LogP contribution in [0, 0.1) is 18.7 Å². The number of Topliss-reactive ketones (excluding diaryl/α,β-unsaturated/α-hetero) is 1. The van der Waals surface area contributed by atoms with Gasteiger partial charge in [0.25, 0.3) is 0 Å². The molecule has 1 aromatic carbocycles. The van der Waals surface area contributed by atoms with E-state index in [2.05, 4.69) is 0 Å². The maximum Gasteiger partial charge on any atom is 0.166 e. The minimum atomic E-state index is -0.284. The van der Waals surface area contributed by atoms with Crippen LogP contribution in [0.1, 0.15) is 42.6 Å². The normalized spacial score (nSPS) is 10.7. The predicted molar refractivity (Wildman–Crippen MR) is 59.5 cm³/mol. The number of hydrogen-bond acceptors (Lipinski definition) is 1. The summed E-state index contributed by atoms with van der Waals surface area (Å²) < 4.78 is 12.9. The lowest BCUT2D eigenvalue weighted by atomic mass is 9.91. The van der Waals surface area contributed by atoms with Crippen molar-refractivity contribution in [3.8, 4) is 0 Å². The van der Waals surface area contributed by atoms with Gasteiger partial charge in [-0.25, -0.2) is 4.39 Å². The highest BCUT2D eigenvalue weighted by Gasteiger charge is 2.17. The highest BCUT2D eigenvalue weighted by atomic mass is 19.1. The number of ketones is 1. The first-order chi connectivity index (χ1) is 7.10. The van der Waals surface area contributed by atoms with E-state index in [1.54, 1.807) is 13.0 Å². The van der Waals surface area contributed by atoms with E-state index < -0.39 is 0 Å². The van der Waals surface area contributed by atoms with Crippen LogP contribution in [0.15, 0.2) is 18.2 Å². The first-order valence-corrected chi connectivity index (χ1v) is 5.40. The third kappa shape index (κ3) is 2.65. The molecule has 1 nitrogen and oxygen atoms in total. The van der Waals surface area contributed by atoms with E-state index in [1.807, 2.05) is 13.8 Å². The lowest BCUT2D eigenvalue weighted by Crippen LogP contribution is -2.14. The standard InChI is InChI=1S/C13H17FO/c1-4-10(5-2)13(15)12-7-6-11(14)8-9(12)3/h6-8,10H,4-5H2,1-3H3. The number of carbonyl (C=O) groups excluding carboxylic acids is 1. The van der Waals surface area contributed by atoms with Gasteiger partial charge in [0, 0.05) is 11.5 Å². The van der Waals surface area contributed by atoms with Crippen LogP contribution in [-0.2, 0) is 0 Å². The van der Waals surface area contributed by atoms with Gasteiger partial charge in [-0.2, -0.15) is 0 Å². The van der Waals surface area contributed by atoms with E-state index in [9.17, 15) is 9.18 Å². The summed E-state index contributed by atoms with van der Waals surface area (Å²) in [6.07, 6.45) is 1.68. The van der Waals surface area contributed by atoms with Gasteiger partial charge in [-0.3, -0.25) is 4.79 Å². The van der Waals surface area contributed by atoms with Crippen LogP contribution in [0.25, 0.3) is 0 Å². The molecule has 2 heteroatoms. The number of benzene rings is 1. The summed E-state index contributed by atoms with van der Waals surface area (Å²) in [5, 5.41) is 0. The Morgan fingerprint density at radius 2 is 1.93 bits per heavy atom. The van der Waals surface area contributed by atoms with Crippen LogP contribution in [0.2, 0.25) is 0 Å². The van der Waals surface area contributed by atoms with Crippen LogP contribution in [-0.4, -0.2) is 5.78 Å². The lowest BCUT2D eigenvalue weighted by Gasteiger charge is -2.12. The van der Waals surface area contributed by atoms with E-state index in [0.29, 0.717) is 5.56 Å². The molecule has 0 N–H and O–H groups in total. The molecule has 0 saturated carbocycles. The Morgan fingerprint density at radius 3 is 2.40 bits per heavy atom. The number of halogens is 1. The van der Waals surface area contributed by atoms with Gasteiger partial charge in [-0.1, -0.05) is 13.8 Å². The minimum absolute atomic E-state index is 0.0640. The van der Waals surface area contributed by atoms with Gasteiger partial charge in [0.15, 0.2) is 5.78 Å². The number of aryl methyl sites for hydroxylation is 1. The van der Waals surface area contributed by atoms with Gasteiger partial charge in [-0.05, 0) is 43.5 Å². The Labute approximate surface area is 90.3 Å². The summed E-state index contributed by atoms with van der Waals surface area (Å²) in [5.41, 5.74) is 1.39.